The number of aromatic carboxylic acids is 1. The van der Waals surface area contributed by atoms with Crippen LogP contribution in [-0.4, -0.2) is 28.8 Å². The van der Waals surface area contributed by atoms with E-state index in [2.05, 4.69) is 5.32 Å². The Morgan fingerprint density at radius 3 is 2.19 bits per heavy atom. The third-order valence-corrected chi connectivity index (χ3v) is 3.30. The van der Waals surface area contributed by atoms with E-state index in [1.807, 2.05) is 5.32 Å². The first-order chi connectivity index (χ1) is 9.73. The van der Waals surface area contributed by atoms with Crippen molar-refractivity contribution in [3.05, 3.63) is 35.4 Å². The molecule has 1 aliphatic rings. The third-order valence-electron chi connectivity index (χ3n) is 3.30. The third kappa shape index (κ3) is 3.45. The van der Waals surface area contributed by atoms with E-state index in [9.17, 15) is 22.8 Å². The summed E-state index contributed by atoms with van der Waals surface area (Å²) in [5.74, 6) is -1.08. The molecule has 0 atom stereocenters. The number of hydrogen-bond donors (Lipinski definition) is 3. The van der Waals surface area contributed by atoms with Gasteiger partial charge in [0.25, 0.3) is 0 Å². The van der Waals surface area contributed by atoms with Crippen molar-refractivity contribution < 1.29 is 27.9 Å². The van der Waals surface area contributed by atoms with Crippen molar-refractivity contribution in [1.29, 1.82) is 0 Å². The molecule has 114 valence electrons. The molecule has 2 rings (SSSR count). The number of halogens is 3. The average Bonchev–Trinajstić information content (AvgIpc) is 3.17. The van der Waals surface area contributed by atoms with E-state index in [0.29, 0.717) is 5.56 Å². The summed E-state index contributed by atoms with van der Waals surface area (Å²) in [5, 5.41) is 13.0. The highest BCUT2D eigenvalue weighted by atomic mass is 19.4. The number of carbonyl (C=O) groups excluding carboxylic acids is 1. The van der Waals surface area contributed by atoms with Gasteiger partial charge in [0.05, 0.1) is 5.56 Å². The second kappa shape index (κ2) is 5.27. The first-order valence-electron chi connectivity index (χ1n) is 6.18. The highest BCUT2D eigenvalue weighted by molar-refractivity contribution is 5.87. The Labute approximate surface area is 118 Å². The molecule has 1 aromatic rings. The topological polar surface area (TPSA) is 78.4 Å². The molecule has 0 aliphatic heterocycles. The molecule has 5 nitrogen and oxygen atoms in total. The van der Waals surface area contributed by atoms with E-state index in [4.69, 9.17) is 5.11 Å². The summed E-state index contributed by atoms with van der Waals surface area (Å²) in [6.07, 6.45) is -4.68. The summed E-state index contributed by atoms with van der Waals surface area (Å²) in [4.78, 5) is 22.1. The Morgan fingerprint density at radius 2 is 1.76 bits per heavy atom. The lowest BCUT2D eigenvalue weighted by Crippen LogP contribution is -2.51. The van der Waals surface area contributed by atoms with Crippen molar-refractivity contribution >= 4 is 12.0 Å². The summed E-state index contributed by atoms with van der Waals surface area (Å²) in [7, 11) is 0. The lowest BCUT2D eigenvalue weighted by molar-refractivity contribution is -0.162. The predicted molar refractivity (Wildman–Crippen MR) is 66.8 cm³/mol. The van der Waals surface area contributed by atoms with Crippen LogP contribution in [-0.2, 0) is 6.54 Å². The highest BCUT2D eigenvalue weighted by Gasteiger charge is 2.64. The predicted octanol–water partition coefficient (Wildman–Crippen LogP) is 2.28. The summed E-state index contributed by atoms with van der Waals surface area (Å²) in [6.45, 7) is 0.0136. The summed E-state index contributed by atoms with van der Waals surface area (Å²) < 4.78 is 37.9. The number of benzene rings is 1. The molecule has 0 heterocycles. The van der Waals surface area contributed by atoms with Crippen LogP contribution in [0.4, 0.5) is 18.0 Å². The van der Waals surface area contributed by atoms with Crippen LogP contribution in [0.15, 0.2) is 24.3 Å². The van der Waals surface area contributed by atoms with Gasteiger partial charge < -0.3 is 15.7 Å². The zero-order chi connectivity index (χ0) is 15.7. The van der Waals surface area contributed by atoms with Gasteiger partial charge in [-0.2, -0.15) is 13.2 Å². The quantitative estimate of drug-likeness (QED) is 0.798. The van der Waals surface area contributed by atoms with Crippen molar-refractivity contribution in [2.45, 2.75) is 31.1 Å². The normalized spacial score (nSPS) is 16.1. The van der Waals surface area contributed by atoms with Gasteiger partial charge in [0, 0.05) is 6.54 Å². The molecule has 1 fully saturated rings. The second-order valence-electron chi connectivity index (χ2n) is 4.89. The molecule has 0 radical (unpaired) electrons. The number of hydrogen-bond acceptors (Lipinski definition) is 2. The fraction of sp³-hybridized carbons (Fsp3) is 0.385. The van der Waals surface area contributed by atoms with Crippen molar-refractivity contribution in [1.82, 2.24) is 10.6 Å². The molecule has 0 aromatic heterocycles. The van der Waals surface area contributed by atoms with Gasteiger partial charge in [-0.05, 0) is 30.5 Å². The molecule has 1 aliphatic carbocycles. The van der Waals surface area contributed by atoms with Gasteiger partial charge in [0.1, 0.15) is 5.54 Å². The summed E-state index contributed by atoms with van der Waals surface area (Å²) in [5.41, 5.74) is -1.41. The van der Waals surface area contributed by atoms with E-state index >= 15 is 0 Å². The monoisotopic (exact) mass is 302 g/mol. The van der Waals surface area contributed by atoms with Gasteiger partial charge in [-0.25, -0.2) is 9.59 Å². The van der Waals surface area contributed by atoms with Gasteiger partial charge in [0.2, 0.25) is 0 Å². The van der Waals surface area contributed by atoms with Crippen molar-refractivity contribution in [3.8, 4) is 0 Å². The molecular weight excluding hydrogens is 289 g/mol. The Morgan fingerprint density at radius 1 is 1.19 bits per heavy atom. The van der Waals surface area contributed by atoms with Crippen LogP contribution >= 0.6 is 0 Å². The molecule has 0 saturated heterocycles. The van der Waals surface area contributed by atoms with Crippen LogP contribution in [0.1, 0.15) is 28.8 Å². The van der Waals surface area contributed by atoms with E-state index in [-0.39, 0.29) is 24.9 Å². The summed E-state index contributed by atoms with van der Waals surface area (Å²) in [6, 6.07) is 4.79. The Hall–Kier alpha value is -2.25. The minimum atomic E-state index is -4.45. The molecule has 1 saturated carbocycles. The van der Waals surface area contributed by atoms with E-state index < -0.39 is 23.7 Å². The molecule has 0 unspecified atom stereocenters. The lowest BCUT2D eigenvalue weighted by atomic mass is 10.1. The molecule has 2 amide bonds. The number of amides is 2. The highest BCUT2D eigenvalue weighted by Crippen LogP contribution is 2.48. The van der Waals surface area contributed by atoms with Crippen molar-refractivity contribution in [3.63, 3.8) is 0 Å². The van der Waals surface area contributed by atoms with Crippen LogP contribution < -0.4 is 10.6 Å². The maximum atomic E-state index is 12.6. The van der Waals surface area contributed by atoms with Crippen LogP contribution in [0, 0.1) is 0 Å². The maximum Gasteiger partial charge on any atom is 0.411 e. The van der Waals surface area contributed by atoms with Gasteiger partial charge >= 0.3 is 18.2 Å². The van der Waals surface area contributed by atoms with Crippen LogP contribution in [0.2, 0.25) is 0 Å². The first-order valence-corrected chi connectivity index (χ1v) is 6.18. The molecule has 0 spiro atoms. The number of carboxylic acid groups (broad SMARTS) is 1. The van der Waals surface area contributed by atoms with E-state index in [1.54, 1.807) is 0 Å². The number of alkyl halides is 3. The Bertz CT molecular complexity index is 551. The SMILES string of the molecule is O=C(NCc1ccc(C(=O)O)cc1)NC1(C(F)(F)F)CC1. The van der Waals surface area contributed by atoms with Gasteiger partial charge in [-0.1, -0.05) is 12.1 Å². The van der Waals surface area contributed by atoms with Gasteiger partial charge in [0.15, 0.2) is 0 Å². The molecule has 8 heteroatoms. The van der Waals surface area contributed by atoms with Gasteiger partial charge in [-0.3, -0.25) is 0 Å². The maximum absolute atomic E-state index is 12.6. The minimum absolute atomic E-state index is 0.0136. The lowest BCUT2D eigenvalue weighted by Gasteiger charge is -2.20. The summed E-state index contributed by atoms with van der Waals surface area (Å²) >= 11 is 0. The molecule has 3 N–H and O–H groups in total. The van der Waals surface area contributed by atoms with Crippen LogP contribution in [0.5, 0.6) is 0 Å². The first kappa shape index (κ1) is 15.1. The van der Waals surface area contributed by atoms with Crippen molar-refractivity contribution in [2.24, 2.45) is 0 Å². The number of rotatable bonds is 4. The Balaban J connectivity index is 1.86. The fourth-order valence-corrected chi connectivity index (χ4v) is 1.81. The van der Waals surface area contributed by atoms with Crippen LogP contribution in [0.25, 0.3) is 0 Å². The van der Waals surface area contributed by atoms with E-state index in [1.165, 1.54) is 24.3 Å². The standard InChI is InChI=1S/C13H13F3N2O3/c14-13(15,16)12(5-6-12)18-11(21)17-7-8-1-3-9(4-2-8)10(19)20/h1-4H,5-7H2,(H,19,20)(H2,17,18,21). The molecule has 1 aromatic carbocycles. The zero-order valence-electron chi connectivity index (χ0n) is 10.8. The van der Waals surface area contributed by atoms with E-state index in [0.717, 1.165) is 0 Å². The number of carboxylic acids is 1. The second-order valence-corrected chi connectivity index (χ2v) is 4.89. The number of carbonyl (C=O) groups is 2. The fourth-order valence-electron chi connectivity index (χ4n) is 1.81. The number of nitrogens with one attached hydrogen (secondary N) is 2. The average molecular weight is 302 g/mol. The zero-order valence-corrected chi connectivity index (χ0v) is 10.8. The molecular formula is C13H13F3N2O3. The largest absolute Gasteiger partial charge is 0.478 e. The number of urea groups is 1. The Kier molecular flexibility index (Phi) is 3.80. The molecule has 21 heavy (non-hydrogen) atoms. The molecule has 0 bridgehead atoms. The minimum Gasteiger partial charge on any atom is -0.478 e. The smallest absolute Gasteiger partial charge is 0.411 e. The van der Waals surface area contributed by atoms with Crippen molar-refractivity contribution in [2.75, 3.05) is 0 Å². The van der Waals surface area contributed by atoms with Gasteiger partial charge in [-0.15, -0.1) is 0 Å². The van der Waals surface area contributed by atoms with Crippen LogP contribution in [0.3, 0.4) is 0 Å².